The Balaban J connectivity index is 2.07. The second-order valence-corrected chi connectivity index (χ2v) is 6.30. The number of amides is 1. The fourth-order valence-corrected chi connectivity index (χ4v) is 3.46. The van der Waals surface area contributed by atoms with E-state index < -0.39 is 0 Å². The number of aryl methyl sites for hydroxylation is 1. The highest BCUT2D eigenvalue weighted by Crippen LogP contribution is 2.32. The Kier molecular flexibility index (Phi) is 4.40. The third-order valence-corrected chi connectivity index (χ3v) is 4.84. The van der Waals surface area contributed by atoms with Crippen LogP contribution in [0, 0.1) is 5.92 Å². The van der Waals surface area contributed by atoms with Crippen LogP contribution in [0.15, 0.2) is 6.07 Å². The van der Waals surface area contributed by atoms with E-state index in [2.05, 4.69) is 12.2 Å². The summed E-state index contributed by atoms with van der Waals surface area (Å²) in [6.07, 6.45) is 4.18. The third-order valence-electron chi connectivity index (χ3n) is 3.60. The standard InChI is InChI=1S/C14H21NO2S/c1-3-11(8-16)15-14(17)13-7-10-6-9(2)4-5-12(10)18-13/h7,9,11,16H,3-6,8H2,1-2H3,(H,15,17)/t9?,11-/m0/s1. The molecule has 1 aromatic heterocycles. The maximum absolute atomic E-state index is 12.1. The summed E-state index contributed by atoms with van der Waals surface area (Å²) in [6, 6.07) is 1.91. The van der Waals surface area contributed by atoms with Crippen LogP contribution in [0.5, 0.6) is 0 Å². The number of rotatable bonds is 4. The van der Waals surface area contributed by atoms with Gasteiger partial charge in [-0.05, 0) is 43.2 Å². The number of carbonyl (C=O) groups is 1. The van der Waals surface area contributed by atoms with Gasteiger partial charge in [0.15, 0.2) is 0 Å². The van der Waals surface area contributed by atoms with Gasteiger partial charge in [-0.3, -0.25) is 4.79 Å². The van der Waals surface area contributed by atoms with Gasteiger partial charge in [-0.2, -0.15) is 0 Å². The van der Waals surface area contributed by atoms with Crippen molar-refractivity contribution in [1.29, 1.82) is 0 Å². The molecular weight excluding hydrogens is 246 g/mol. The fourth-order valence-electron chi connectivity index (χ4n) is 2.35. The molecule has 2 atom stereocenters. The van der Waals surface area contributed by atoms with Gasteiger partial charge in [0.25, 0.3) is 5.91 Å². The van der Waals surface area contributed by atoms with Crippen LogP contribution in [-0.2, 0) is 12.8 Å². The smallest absolute Gasteiger partial charge is 0.261 e. The molecule has 1 heterocycles. The molecule has 0 aromatic carbocycles. The molecule has 2 rings (SSSR count). The summed E-state index contributed by atoms with van der Waals surface area (Å²) in [5, 5.41) is 12.0. The lowest BCUT2D eigenvalue weighted by Gasteiger charge is -2.16. The summed E-state index contributed by atoms with van der Waals surface area (Å²) in [6.45, 7) is 4.23. The summed E-state index contributed by atoms with van der Waals surface area (Å²) in [5.41, 5.74) is 1.35. The molecule has 1 aliphatic rings. The summed E-state index contributed by atoms with van der Waals surface area (Å²) in [5.74, 6) is 0.687. The number of thiophene rings is 1. The van der Waals surface area contributed by atoms with Crippen LogP contribution in [0.4, 0.5) is 0 Å². The fraction of sp³-hybridized carbons (Fsp3) is 0.643. The van der Waals surface area contributed by atoms with E-state index >= 15 is 0 Å². The summed E-state index contributed by atoms with van der Waals surface area (Å²) < 4.78 is 0. The Morgan fingerprint density at radius 2 is 2.44 bits per heavy atom. The summed E-state index contributed by atoms with van der Waals surface area (Å²) in [7, 11) is 0. The van der Waals surface area contributed by atoms with Crippen LogP contribution in [0.1, 0.15) is 46.8 Å². The van der Waals surface area contributed by atoms with E-state index in [1.807, 2.05) is 13.0 Å². The van der Waals surface area contributed by atoms with E-state index in [4.69, 9.17) is 5.11 Å². The first-order chi connectivity index (χ1) is 8.63. The van der Waals surface area contributed by atoms with E-state index in [-0.39, 0.29) is 18.6 Å². The quantitative estimate of drug-likeness (QED) is 0.880. The highest BCUT2D eigenvalue weighted by Gasteiger charge is 2.21. The van der Waals surface area contributed by atoms with Crippen molar-refractivity contribution >= 4 is 17.2 Å². The molecule has 18 heavy (non-hydrogen) atoms. The van der Waals surface area contributed by atoms with E-state index in [1.54, 1.807) is 11.3 Å². The largest absolute Gasteiger partial charge is 0.394 e. The van der Waals surface area contributed by atoms with Crippen molar-refractivity contribution in [3.05, 3.63) is 21.4 Å². The summed E-state index contributed by atoms with van der Waals surface area (Å²) in [4.78, 5) is 14.2. The molecule has 100 valence electrons. The van der Waals surface area contributed by atoms with Gasteiger partial charge in [0, 0.05) is 4.88 Å². The number of aliphatic hydroxyl groups is 1. The van der Waals surface area contributed by atoms with Gasteiger partial charge in [-0.25, -0.2) is 0 Å². The van der Waals surface area contributed by atoms with Gasteiger partial charge >= 0.3 is 0 Å². The van der Waals surface area contributed by atoms with Gasteiger partial charge in [0.2, 0.25) is 0 Å². The minimum absolute atomic E-state index is 0.00433. The normalized spacial score (nSPS) is 20.3. The molecular formula is C14H21NO2S. The molecule has 0 bridgehead atoms. The molecule has 1 amide bonds. The average molecular weight is 267 g/mol. The first kappa shape index (κ1) is 13.6. The van der Waals surface area contributed by atoms with E-state index in [1.165, 1.54) is 16.9 Å². The predicted molar refractivity (Wildman–Crippen MR) is 74.1 cm³/mol. The van der Waals surface area contributed by atoms with Crippen molar-refractivity contribution in [2.75, 3.05) is 6.61 Å². The van der Waals surface area contributed by atoms with Crippen molar-refractivity contribution in [2.45, 2.75) is 45.6 Å². The lowest BCUT2D eigenvalue weighted by molar-refractivity contribution is 0.0919. The highest BCUT2D eigenvalue weighted by molar-refractivity contribution is 7.14. The molecule has 0 aliphatic heterocycles. The second kappa shape index (κ2) is 5.85. The van der Waals surface area contributed by atoms with Crippen LogP contribution in [0.2, 0.25) is 0 Å². The van der Waals surface area contributed by atoms with Crippen LogP contribution in [-0.4, -0.2) is 23.7 Å². The Hall–Kier alpha value is -0.870. The number of fused-ring (bicyclic) bond motifs is 1. The Morgan fingerprint density at radius 3 is 3.11 bits per heavy atom. The first-order valence-electron chi connectivity index (χ1n) is 6.67. The number of nitrogens with one attached hydrogen (secondary N) is 1. The maximum atomic E-state index is 12.1. The van der Waals surface area contributed by atoms with Crippen molar-refractivity contribution in [3.63, 3.8) is 0 Å². The molecule has 2 N–H and O–H groups in total. The molecule has 0 fully saturated rings. The molecule has 0 spiro atoms. The topological polar surface area (TPSA) is 49.3 Å². The SMILES string of the molecule is CC[C@@H](CO)NC(=O)c1cc2c(s1)CCC(C)C2. The zero-order chi connectivity index (χ0) is 13.1. The van der Waals surface area contributed by atoms with Crippen LogP contribution >= 0.6 is 11.3 Å². The van der Waals surface area contributed by atoms with Crippen molar-refractivity contribution in [2.24, 2.45) is 5.92 Å². The van der Waals surface area contributed by atoms with Crippen molar-refractivity contribution < 1.29 is 9.90 Å². The second-order valence-electron chi connectivity index (χ2n) is 5.17. The van der Waals surface area contributed by atoms with Crippen LogP contribution in [0.3, 0.4) is 0 Å². The van der Waals surface area contributed by atoms with Crippen molar-refractivity contribution in [3.8, 4) is 0 Å². The van der Waals surface area contributed by atoms with Gasteiger partial charge in [0.05, 0.1) is 17.5 Å². The number of hydrogen-bond acceptors (Lipinski definition) is 3. The Bertz CT molecular complexity index is 423. The Morgan fingerprint density at radius 1 is 1.67 bits per heavy atom. The minimum Gasteiger partial charge on any atom is -0.394 e. The first-order valence-corrected chi connectivity index (χ1v) is 7.49. The molecule has 3 nitrogen and oxygen atoms in total. The third kappa shape index (κ3) is 2.93. The van der Waals surface area contributed by atoms with Gasteiger partial charge in [-0.1, -0.05) is 13.8 Å². The maximum Gasteiger partial charge on any atom is 0.261 e. The number of hydrogen-bond donors (Lipinski definition) is 2. The van der Waals surface area contributed by atoms with Gasteiger partial charge < -0.3 is 10.4 Å². The molecule has 0 radical (unpaired) electrons. The average Bonchev–Trinajstić information content (AvgIpc) is 2.78. The number of carbonyl (C=O) groups excluding carboxylic acids is 1. The van der Waals surface area contributed by atoms with E-state index in [0.29, 0.717) is 0 Å². The Labute approximate surface area is 112 Å². The molecule has 0 saturated carbocycles. The van der Waals surface area contributed by atoms with E-state index in [0.717, 1.165) is 30.1 Å². The lowest BCUT2D eigenvalue weighted by atomic mass is 9.90. The lowest BCUT2D eigenvalue weighted by Crippen LogP contribution is -2.36. The monoisotopic (exact) mass is 267 g/mol. The van der Waals surface area contributed by atoms with Crippen LogP contribution in [0.25, 0.3) is 0 Å². The van der Waals surface area contributed by atoms with Gasteiger partial charge in [-0.15, -0.1) is 11.3 Å². The van der Waals surface area contributed by atoms with Crippen LogP contribution < -0.4 is 5.32 Å². The van der Waals surface area contributed by atoms with E-state index in [9.17, 15) is 4.79 Å². The minimum atomic E-state index is -0.129. The molecule has 4 heteroatoms. The van der Waals surface area contributed by atoms with Crippen molar-refractivity contribution in [1.82, 2.24) is 5.32 Å². The zero-order valence-corrected chi connectivity index (χ0v) is 11.8. The molecule has 1 aromatic rings. The predicted octanol–water partition coefficient (Wildman–Crippen LogP) is 2.37. The zero-order valence-electron chi connectivity index (χ0n) is 11.0. The highest BCUT2D eigenvalue weighted by atomic mass is 32.1. The number of aliphatic hydroxyl groups excluding tert-OH is 1. The molecule has 1 aliphatic carbocycles. The van der Waals surface area contributed by atoms with Gasteiger partial charge in [0.1, 0.15) is 0 Å². The molecule has 0 saturated heterocycles. The summed E-state index contributed by atoms with van der Waals surface area (Å²) >= 11 is 1.61. The molecule has 1 unspecified atom stereocenters.